The van der Waals surface area contributed by atoms with E-state index in [0.717, 1.165) is 18.2 Å². The second-order valence-electron chi connectivity index (χ2n) is 4.98. The predicted octanol–water partition coefficient (Wildman–Crippen LogP) is 1.43. The molecule has 116 valence electrons. The molecule has 0 bridgehead atoms. The van der Waals surface area contributed by atoms with Crippen LogP contribution in [0.1, 0.15) is 20.3 Å². The van der Waals surface area contributed by atoms with E-state index in [9.17, 15) is 23.5 Å². The lowest BCUT2D eigenvalue weighted by atomic mass is 10.0. The zero-order valence-electron chi connectivity index (χ0n) is 11.8. The minimum Gasteiger partial charge on any atom is -0.393 e. The summed E-state index contributed by atoms with van der Waals surface area (Å²) >= 11 is 0. The maximum Gasteiger partial charge on any atom is 0.313 e. The van der Waals surface area contributed by atoms with Gasteiger partial charge in [0, 0.05) is 12.6 Å². The van der Waals surface area contributed by atoms with Gasteiger partial charge >= 0.3 is 11.8 Å². The first-order valence-corrected chi connectivity index (χ1v) is 6.52. The Kier molecular flexibility index (Phi) is 6.23. The average molecular weight is 300 g/mol. The van der Waals surface area contributed by atoms with E-state index in [1.54, 1.807) is 13.8 Å². The number of rotatable bonds is 5. The number of aliphatic hydroxyl groups is 1. The lowest BCUT2D eigenvalue weighted by Gasteiger charge is -2.14. The number of nitrogens with one attached hydrogen (secondary N) is 2. The molecule has 0 aliphatic rings. The maximum absolute atomic E-state index is 13.3. The van der Waals surface area contributed by atoms with Crippen molar-refractivity contribution in [3.05, 3.63) is 29.8 Å². The molecule has 0 spiro atoms. The van der Waals surface area contributed by atoms with Crippen molar-refractivity contribution in [2.24, 2.45) is 5.92 Å². The van der Waals surface area contributed by atoms with E-state index >= 15 is 0 Å². The molecule has 0 aliphatic carbocycles. The predicted molar refractivity (Wildman–Crippen MR) is 73.5 cm³/mol. The molecule has 1 aromatic rings. The standard InChI is InChI=1S/C14H18F2N2O3/c1-8(5-9(2)19)7-17-13(20)14(21)18-12-6-10(15)3-4-11(12)16/h3-4,6,8-9,19H,5,7H2,1-2H3,(H,17,20)(H,18,21). The summed E-state index contributed by atoms with van der Waals surface area (Å²) < 4.78 is 26.2. The van der Waals surface area contributed by atoms with Crippen LogP contribution in [-0.2, 0) is 9.59 Å². The number of hydrogen-bond acceptors (Lipinski definition) is 3. The van der Waals surface area contributed by atoms with Crippen LogP contribution in [0.2, 0.25) is 0 Å². The highest BCUT2D eigenvalue weighted by molar-refractivity contribution is 6.39. The smallest absolute Gasteiger partial charge is 0.313 e. The van der Waals surface area contributed by atoms with Gasteiger partial charge in [-0.15, -0.1) is 0 Å². The first kappa shape index (κ1) is 17.0. The number of benzene rings is 1. The van der Waals surface area contributed by atoms with Crippen LogP contribution in [0.5, 0.6) is 0 Å². The van der Waals surface area contributed by atoms with Gasteiger partial charge < -0.3 is 15.7 Å². The molecular weight excluding hydrogens is 282 g/mol. The van der Waals surface area contributed by atoms with E-state index in [0.29, 0.717) is 6.42 Å². The van der Waals surface area contributed by atoms with Gasteiger partial charge in [0.2, 0.25) is 0 Å². The molecule has 1 aromatic carbocycles. The average Bonchev–Trinajstić information content (AvgIpc) is 2.39. The highest BCUT2D eigenvalue weighted by Gasteiger charge is 2.17. The van der Waals surface area contributed by atoms with Gasteiger partial charge in [-0.05, 0) is 31.4 Å². The molecule has 0 radical (unpaired) electrons. The number of carbonyl (C=O) groups excluding carboxylic acids is 2. The number of amides is 2. The number of anilines is 1. The molecule has 5 nitrogen and oxygen atoms in total. The van der Waals surface area contributed by atoms with Crippen molar-refractivity contribution in [3.63, 3.8) is 0 Å². The van der Waals surface area contributed by atoms with Gasteiger partial charge in [0.25, 0.3) is 0 Å². The topological polar surface area (TPSA) is 78.4 Å². The Hall–Kier alpha value is -2.02. The third-order valence-electron chi connectivity index (χ3n) is 2.74. The Bertz CT molecular complexity index is 521. The van der Waals surface area contributed by atoms with Crippen LogP contribution in [0.25, 0.3) is 0 Å². The van der Waals surface area contributed by atoms with Gasteiger partial charge in [-0.25, -0.2) is 8.78 Å². The van der Waals surface area contributed by atoms with Crippen LogP contribution in [0.15, 0.2) is 18.2 Å². The highest BCUT2D eigenvalue weighted by atomic mass is 19.1. The Morgan fingerprint density at radius 2 is 1.90 bits per heavy atom. The van der Waals surface area contributed by atoms with Crippen LogP contribution < -0.4 is 10.6 Å². The summed E-state index contributed by atoms with van der Waals surface area (Å²) in [6, 6.07) is 2.55. The van der Waals surface area contributed by atoms with E-state index in [1.165, 1.54) is 0 Å². The van der Waals surface area contributed by atoms with Gasteiger partial charge in [0.05, 0.1) is 11.8 Å². The molecule has 1 rings (SSSR count). The monoisotopic (exact) mass is 300 g/mol. The number of hydrogen-bond donors (Lipinski definition) is 3. The van der Waals surface area contributed by atoms with Crippen LogP contribution in [0, 0.1) is 17.6 Å². The first-order chi connectivity index (χ1) is 9.79. The zero-order valence-corrected chi connectivity index (χ0v) is 11.8. The quantitative estimate of drug-likeness (QED) is 0.720. The fourth-order valence-electron chi connectivity index (χ4n) is 1.79. The maximum atomic E-state index is 13.3. The van der Waals surface area contributed by atoms with Crippen LogP contribution in [0.3, 0.4) is 0 Å². The third-order valence-corrected chi connectivity index (χ3v) is 2.74. The summed E-state index contributed by atoms with van der Waals surface area (Å²) in [6.45, 7) is 3.62. The summed E-state index contributed by atoms with van der Waals surface area (Å²) in [6.07, 6.45) is -0.0347. The second-order valence-corrected chi connectivity index (χ2v) is 4.98. The van der Waals surface area contributed by atoms with Gasteiger partial charge in [0.15, 0.2) is 0 Å². The number of aliphatic hydroxyl groups excluding tert-OH is 1. The Labute approximate surface area is 121 Å². The minimum atomic E-state index is -1.08. The van der Waals surface area contributed by atoms with Crippen LogP contribution in [-0.4, -0.2) is 29.6 Å². The molecule has 0 fully saturated rings. The summed E-state index contributed by atoms with van der Waals surface area (Å²) in [4.78, 5) is 23.1. The van der Waals surface area contributed by atoms with E-state index in [4.69, 9.17) is 0 Å². The van der Waals surface area contributed by atoms with Crippen molar-refractivity contribution in [2.45, 2.75) is 26.4 Å². The Balaban J connectivity index is 2.51. The molecule has 2 amide bonds. The molecule has 7 heteroatoms. The Morgan fingerprint density at radius 1 is 1.24 bits per heavy atom. The molecule has 21 heavy (non-hydrogen) atoms. The second kappa shape index (κ2) is 7.68. The summed E-state index contributed by atoms with van der Waals surface area (Å²) in [5.41, 5.74) is -0.396. The first-order valence-electron chi connectivity index (χ1n) is 6.52. The van der Waals surface area contributed by atoms with E-state index in [-0.39, 0.29) is 12.5 Å². The molecular formula is C14H18F2N2O3. The van der Waals surface area contributed by atoms with Gasteiger partial charge in [-0.3, -0.25) is 9.59 Å². The number of halogens is 2. The summed E-state index contributed by atoms with van der Waals surface area (Å²) in [5, 5.41) is 13.5. The van der Waals surface area contributed by atoms with Crippen molar-refractivity contribution in [2.75, 3.05) is 11.9 Å². The van der Waals surface area contributed by atoms with Gasteiger partial charge in [-0.1, -0.05) is 6.92 Å². The molecule has 3 N–H and O–H groups in total. The van der Waals surface area contributed by atoms with Crippen molar-refractivity contribution in [1.82, 2.24) is 5.32 Å². The van der Waals surface area contributed by atoms with E-state index < -0.39 is 35.2 Å². The fraction of sp³-hybridized carbons (Fsp3) is 0.429. The lowest BCUT2D eigenvalue weighted by molar-refractivity contribution is -0.136. The highest BCUT2D eigenvalue weighted by Crippen LogP contribution is 2.15. The van der Waals surface area contributed by atoms with Crippen molar-refractivity contribution >= 4 is 17.5 Å². The van der Waals surface area contributed by atoms with E-state index in [2.05, 4.69) is 5.32 Å². The molecule has 0 heterocycles. The SMILES string of the molecule is CC(O)CC(C)CNC(=O)C(=O)Nc1cc(F)ccc1F. The lowest BCUT2D eigenvalue weighted by Crippen LogP contribution is -2.38. The zero-order chi connectivity index (χ0) is 16.0. The van der Waals surface area contributed by atoms with Crippen LogP contribution in [0.4, 0.5) is 14.5 Å². The number of carbonyl (C=O) groups is 2. The van der Waals surface area contributed by atoms with Crippen molar-refractivity contribution in [3.8, 4) is 0 Å². The van der Waals surface area contributed by atoms with Crippen LogP contribution >= 0.6 is 0 Å². The summed E-state index contributed by atoms with van der Waals surface area (Å²) in [5.74, 6) is -3.61. The Morgan fingerprint density at radius 3 is 2.52 bits per heavy atom. The van der Waals surface area contributed by atoms with Gasteiger partial charge in [-0.2, -0.15) is 0 Å². The van der Waals surface area contributed by atoms with Gasteiger partial charge in [0.1, 0.15) is 11.6 Å². The molecule has 0 saturated carbocycles. The minimum absolute atomic E-state index is 0.0207. The molecule has 2 unspecified atom stereocenters. The molecule has 0 aromatic heterocycles. The molecule has 0 aliphatic heterocycles. The molecule has 2 atom stereocenters. The summed E-state index contributed by atoms with van der Waals surface area (Å²) in [7, 11) is 0. The third kappa shape index (κ3) is 5.86. The van der Waals surface area contributed by atoms with Crippen molar-refractivity contribution < 1.29 is 23.5 Å². The van der Waals surface area contributed by atoms with Crippen molar-refractivity contribution in [1.29, 1.82) is 0 Å². The van der Waals surface area contributed by atoms with E-state index in [1.807, 2.05) is 5.32 Å². The normalized spacial score (nSPS) is 13.4. The molecule has 0 saturated heterocycles. The fourth-order valence-corrected chi connectivity index (χ4v) is 1.79. The largest absolute Gasteiger partial charge is 0.393 e.